The molecule has 0 aromatic heterocycles. The van der Waals surface area contributed by atoms with Crippen LogP contribution in [0.2, 0.25) is 0 Å². The second kappa shape index (κ2) is 6.15. The van der Waals surface area contributed by atoms with Crippen LogP contribution in [0.25, 0.3) is 6.08 Å². The Morgan fingerprint density at radius 2 is 2.24 bits per heavy atom. The average Bonchev–Trinajstić information content (AvgIpc) is 2.29. The van der Waals surface area contributed by atoms with E-state index < -0.39 is 5.97 Å². The first-order chi connectivity index (χ1) is 8.02. The highest BCUT2D eigenvalue weighted by Gasteiger charge is 2.04. The monoisotopic (exact) mass is 237 g/mol. The number of nitrogens with zero attached hydrogens (tertiary/aromatic N) is 1. The van der Waals surface area contributed by atoms with Gasteiger partial charge >= 0.3 is 5.97 Å². The molecule has 0 spiro atoms. The van der Waals surface area contributed by atoms with Crippen molar-refractivity contribution in [1.82, 2.24) is 4.90 Å². The molecule has 17 heavy (non-hydrogen) atoms. The lowest BCUT2D eigenvalue weighted by molar-refractivity contribution is -0.131. The van der Waals surface area contributed by atoms with E-state index in [-0.39, 0.29) is 5.82 Å². The van der Waals surface area contributed by atoms with Crippen LogP contribution in [0.1, 0.15) is 18.1 Å². The van der Waals surface area contributed by atoms with Crippen molar-refractivity contribution in [2.75, 3.05) is 13.6 Å². The number of carboxylic acids is 1. The standard InChI is InChI=1S/C13H16FNO2/c1-3-15(2)9-11-4-6-12(14)8-10(11)5-7-13(16)17/h4-8H,3,9H2,1-2H3,(H,16,17). The van der Waals surface area contributed by atoms with Gasteiger partial charge < -0.3 is 10.0 Å². The van der Waals surface area contributed by atoms with Gasteiger partial charge in [-0.25, -0.2) is 9.18 Å². The van der Waals surface area contributed by atoms with Crippen LogP contribution in [-0.4, -0.2) is 29.6 Å². The van der Waals surface area contributed by atoms with Gasteiger partial charge in [0.25, 0.3) is 0 Å². The third kappa shape index (κ3) is 4.36. The van der Waals surface area contributed by atoms with Gasteiger partial charge in [-0.1, -0.05) is 13.0 Å². The Bertz CT molecular complexity index is 429. The molecule has 0 fully saturated rings. The molecule has 0 saturated carbocycles. The molecule has 1 N–H and O–H groups in total. The van der Waals surface area contributed by atoms with Crippen LogP contribution in [0.3, 0.4) is 0 Å². The first-order valence-electron chi connectivity index (χ1n) is 5.41. The van der Waals surface area contributed by atoms with Crippen molar-refractivity contribution in [2.45, 2.75) is 13.5 Å². The molecule has 0 amide bonds. The molecule has 4 heteroatoms. The number of hydrogen-bond acceptors (Lipinski definition) is 2. The molecule has 92 valence electrons. The quantitative estimate of drug-likeness (QED) is 0.799. The van der Waals surface area contributed by atoms with Gasteiger partial charge in [0, 0.05) is 12.6 Å². The molecule has 0 bridgehead atoms. The highest BCUT2D eigenvalue weighted by atomic mass is 19.1. The summed E-state index contributed by atoms with van der Waals surface area (Å²) in [5, 5.41) is 8.57. The van der Waals surface area contributed by atoms with Crippen molar-refractivity contribution in [3.05, 3.63) is 41.2 Å². The fourth-order valence-corrected chi connectivity index (χ4v) is 1.43. The van der Waals surface area contributed by atoms with E-state index in [0.717, 1.165) is 18.2 Å². The molecule has 0 aliphatic rings. The molecule has 1 rings (SSSR count). The van der Waals surface area contributed by atoms with Crippen LogP contribution in [0.4, 0.5) is 4.39 Å². The Morgan fingerprint density at radius 3 is 2.82 bits per heavy atom. The maximum absolute atomic E-state index is 13.1. The van der Waals surface area contributed by atoms with Gasteiger partial charge in [0.15, 0.2) is 0 Å². The molecular formula is C13H16FNO2. The lowest BCUT2D eigenvalue weighted by Crippen LogP contribution is -2.17. The number of rotatable bonds is 5. The van der Waals surface area contributed by atoms with Gasteiger partial charge in [0.2, 0.25) is 0 Å². The molecule has 0 aliphatic carbocycles. The largest absolute Gasteiger partial charge is 0.478 e. The number of hydrogen-bond donors (Lipinski definition) is 1. The third-order valence-corrected chi connectivity index (χ3v) is 2.49. The van der Waals surface area contributed by atoms with Crippen molar-refractivity contribution in [2.24, 2.45) is 0 Å². The van der Waals surface area contributed by atoms with Crippen molar-refractivity contribution >= 4 is 12.0 Å². The Labute approximate surface area is 100 Å². The summed E-state index contributed by atoms with van der Waals surface area (Å²) < 4.78 is 13.1. The summed E-state index contributed by atoms with van der Waals surface area (Å²) in [4.78, 5) is 12.5. The van der Waals surface area contributed by atoms with Gasteiger partial charge in [0.1, 0.15) is 5.82 Å². The summed E-state index contributed by atoms with van der Waals surface area (Å²) >= 11 is 0. The molecule has 0 aliphatic heterocycles. The van der Waals surface area contributed by atoms with Gasteiger partial charge in [-0.15, -0.1) is 0 Å². The molecular weight excluding hydrogens is 221 g/mol. The smallest absolute Gasteiger partial charge is 0.328 e. The Morgan fingerprint density at radius 1 is 1.53 bits per heavy atom. The van der Waals surface area contributed by atoms with Crippen LogP contribution in [0, 0.1) is 5.82 Å². The van der Waals surface area contributed by atoms with Crippen LogP contribution in [0.5, 0.6) is 0 Å². The number of aliphatic carboxylic acids is 1. The van der Waals surface area contributed by atoms with Gasteiger partial charge in [-0.05, 0) is 42.9 Å². The SMILES string of the molecule is CCN(C)Cc1ccc(F)cc1C=CC(=O)O. The second-order valence-electron chi connectivity index (χ2n) is 3.85. The predicted octanol–water partition coefficient (Wildman–Crippen LogP) is 2.38. The van der Waals surface area contributed by atoms with Crippen molar-refractivity contribution in [3.63, 3.8) is 0 Å². The zero-order valence-corrected chi connectivity index (χ0v) is 9.98. The first kappa shape index (κ1) is 13.4. The van der Waals surface area contributed by atoms with E-state index in [2.05, 4.69) is 4.90 Å². The van der Waals surface area contributed by atoms with E-state index in [1.54, 1.807) is 6.07 Å². The van der Waals surface area contributed by atoms with Crippen LogP contribution in [-0.2, 0) is 11.3 Å². The van der Waals surface area contributed by atoms with Gasteiger partial charge in [-0.3, -0.25) is 0 Å². The van der Waals surface area contributed by atoms with E-state index in [1.807, 2.05) is 14.0 Å². The van der Waals surface area contributed by atoms with Crippen molar-refractivity contribution in [3.8, 4) is 0 Å². The minimum atomic E-state index is -1.04. The number of benzene rings is 1. The zero-order chi connectivity index (χ0) is 12.8. The fraction of sp³-hybridized carbons (Fsp3) is 0.308. The fourth-order valence-electron chi connectivity index (χ4n) is 1.43. The molecule has 0 saturated heterocycles. The highest BCUT2D eigenvalue weighted by Crippen LogP contribution is 2.15. The molecule has 0 atom stereocenters. The lowest BCUT2D eigenvalue weighted by Gasteiger charge is -2.15. The predicted molar refractivity (Wildman–Crippen MR) is 65.1 cm³/mol. The summed E-state index contributed by atoms with van der Waals surface area (Å²) in [6.45, 7) is 3.56. The molecule has 1 aromatic rings. The maximum Gasteiger partial charge on any atom is 0.328 e. The topological polar surface area (TPSA) is 40.5 Å². The van der Waals surface area contributed by atoms with E-state index in [9.17, 15) is 9.18 Å². The van der Waals surface area contributed by atoms with Gasteiger partial charge in [-0.2, -0.15) is 0 Å². The Kier molecular flexibility index (Phi) is 4.84. The van der Waals surface area contributed by atoms with E-state index in [4.69, 9.17) is 5.11 Å². The Balaban J connectivity index is 2.99. The normalized spacial score (nSPS) is 11.3. The number of carboxylic acid groups (broad SMARTS) is 1. The minimum absolute atomic E-state index is 0.363. The van der Waals surface area contributed by atoms with E-state index in [0.29, 0.717) is 12.1 Å². The Hall–Kier alpha value is -1.68. The number of halogens is 1. The van der Waals surface area contributed by atoms with Crippen LogP contribution in [0.15, 0.2) is 24.3 Å². The average molecular weight is 237 g/mol. The molecule has 3 nitrogen and oxygen atoms in total. The number of carbonyl (C=O) groups is 1. The van der Waals surface area contributed by atoms with Crippen molar-refractivity contribution < 1.29 is 14.3 Å². The molecule has 0 heterocycles. The summed E-state index contributed by atoms with van der Waals surface area (Å²) in [5.41, 5.74) is 1.51. The lowest BCUT2D eigenvalue weighted by atomic mass is 10.1. The molecule has 0 unspecified atom stereocenters. The first-order valence-corrected chi connectivity index (χ1v) is 5.41. The third-order valence-electron chi connectivity index (χ3n) is 2.49. The van der Waals surface area contributed by atoms with Gasteiger partial charge in [0.05, 0.1) is 0 Å². The minimum Gasteiger partial charge on any atom is -0.478 e. The molecule has 0 radical (unpaired) electrons. The summed E-state index contributed by atoms with van der Waals surface area (Å²) in [7, 11) is 1.95. The van der Waals surface area contributed by atoms with Crippen LogP contribution >= 0.6 is 0 Å². The van der Waals surface area contributed by atoms with E-state index in [1.165, 1.54) is 18.2 Å². The summed E-state index contributed by atoms with van der Waals surface area (Å²) in [5.74, 6) is -1.40. The maximum atomic E-state index is 13.1. The molecule has 1 aromatic carbocycles. The zero-order valence-electron chi connectivity index (χ0n) is 9.98. The van der Waals surface area contributed by atoms with E-state index >= 15 is 0 Å². The summed E-state index contributed by atoms with van der Waals surface area (Å²) in [6, 6.07) is 4.41. The second-order valence-corrected chi connectivity index (χ2v) is 3.85. The highest BCUT2D eigenvalue weighted by molar-refractivity contribution is 5.85. The van der Waals surface area contributed by atoms with Crippen molar-refractivity contribution in [1.29, 1.82) is 0 Å². The van der Waals surface area contributed by atoms with Crippen LogP contribution < -0.4 is 0 Å². The summed E-state index contributed by atoms with van der Waals surface area (Å²) in [6.07, 6.45) is 2.44.